The van der Waals surface area contributed by atoms with Crippen molar-refractivity contribution < 1.29 is 9.53 Å². The fraction of sp³-hybridized carbons (Fsp3) is 0.368. The number of hydrogen-bond acceptors (Lipinski definition) is 4. The van der Waals surface area contributed by atoms with Gasteiger partial charge in [0, 0.05) is 25.8 Å². The van der Waals surface area contributed by atoms with Crippen LogP contribution in [0.15, 0.2) is 42.6 Å². The first-order valence-electron chi connectivity index (χ1n) is 8.30. The first-order valence-corrected chi connectivity index (χ1v) is 8.30. The summed E-state index contributed by atoms with van der Waals surface area (Å²) in [6.07, 6.45) is 2.53. The largest absolute Gasteiger partial charge is 0.497 e. The highest BCUT2D eigenvalue weighted by atomic mass is 16.5. The van der Waals surface area contributed by atoms with E-state index in [0.717, 1.165) is 24.5 Å². The fourth-order valence-corrected chi connectivity index (χ4v) is 2.45. The van der Waals surface area contributed by atoms with Gasteiger partial charge >= 0.3 is 0 Å². The third-order valence-corrected chi connectivity index (χ3v) is 3.94. The Morgan fingerprint density at radius 1 is 1.12 bits per heavy atom. The van der Waals surface area contributed by atoms with Crippen LogP contribution in [0.2, 0.25) is 0 Å². The smallest absolute Gasteiger partial charge is 0.255 e. The van der Waals surface area contributed by atoms with Gasteiger partial charge in [0.2, 0.25) is 0 Å². The number of aromatic nitrogens is 1. The zero-order valence-corrected chi connectivity index (χ0v) is 14.6. The second-order valence-electron chi connectivity index (χ2n) is 5.43. The third-order valence-electron chi connectivity index (χ3n) is 3.94. The molecule has 2 rings (SSSR count). The number of benzene rings is 1. The molecule has 128 valence electrons. The lowest BCUT2D eigenvalue weighted by Crippen LogP contribution is -2.30. The minimum Gasteiger partial charge on any atom is -0.497 e. The molecule has 0 bridgehead atoms. The molecule has 0 atom stereocenters. The standard InChI is InChI=1S/C19H25N3O2/c1-4-22(5-2)19(23)16-8-11-18(21-14-16)20-13-12-15-6-9-17(24-3)10-7-15/h6-11,14H,4-5,12-13H2,1-3H3,(H,20,21). The van der Waals surface area contributed by atoms with Gasteiger partial charge in [0.1, 0.15) is 11.6 Å². The number of ether oxygens (including phenoxy) is 1. The van der Waals surface area contributed by atoms with Crippen LogP contribution in [0.5, 0.6) is 5.75 Å². The highest BCUT2D eigenvalue weighted by Crippen LogP contribution is 2.12. The van der Waals surface area contributed by atoms with Gasteiger partial charge in [-0.25, -0.2) is 4.98 Å². The van der Waals surface area contributed by atoms with Crippen LogP contribution in [0.3, 0.4) is 0 Å². The molecule has 1 aromatic heterocycles. The van der Waals surface area contributed by atoms with E-state index in [9.17, 15) is 4.79 Å². The molecule has 24 heavy (non-hydrogen) atoms. The van der Waals surface area contributed by atoms with E-state index in [2.05, 4.69) is 22.4 Å². The lowest BCUT2D eigenvalue weighted by Gasteiger charge is -2.18. The predicted molar refractivity (Wildman–Crippen MR) is 96.7 cm³/mol. The normalized spacial score (nSPS) is 10.3. The summed E-state index contributed by atoms with van der Waals surface area (Å²) in [4.78, 5) is 18.3. The summed E-state index contributed by atoms with van der Waals surface area (Å²) in [6.45, 7) is 6.14. The van der Waals surface area contributed by atoms with Crippen LogP contribution in [-0.4, -0.2) is 42.5 Å². The van der Waals surface area contributed by atoms with Gasteiger partial charge < -0.3 is 15.0 Å². The molecule has 0 unspecified atom stereocenters. The van der Waals surface area contributed by atoms with Crippen molar-refractivity contribution in [3.05, 3.63) is 53.7 Å². The van der Waals surface area contributed by atoms with Gasteiger partial charge in [-0.3, -0.25) is 4.79 Å². The first kappa shape index (κ1) is 17.8. The van der Waals surface area contributed by atoms with Crippen LogP contribution in [-0.2, 0) is 6.42 Å². The summed E-state index contributed by atoms with van der Waals surface area (Å²) in [7, 11) is 1.66. The lowest BCUT2D eigenvalue weighted by molar-refractivity contribution is 0.0772. The number of methoxy groups -OCH3 is 1. The monoisotopic (exact) mass is 327 g/mol. The number of nitrogens with one attached hydrogen (secondary N) is 1. The van der Waals surface area contributed by atoms with Crippen LogP contribution in [0.1, 0.15) is 29.8 Å². The molecule has 1 N–H and O–H groups in total. The SMILES string of the molecule is CCN(CC)C(=O)c1ccc(NCCc2ccc(OC)cc2)nc1. The highest BCUT2D eigenvalue weighted by Gasteiger charge is 2.12. The van der Waals surface area contributed by atoms with Crippen molar-refractivity contribution in [3.8, 4) is 5.75 Å². The zero-order chi connectivity index (χ0) is 17.4. The fourth-order valence-electron chi connectivity index (χ4n) is 2.45. The molecule has 0 fully saturated rings. The molecule has 0 saturated heterocycles. The quantitative estimate of drug-likeness (QED) is 0.809. The van der Waals surface area contributed by atoms with E-state index in [1.807, 2.05) is 38.1 Å². The van der Waals surface area contributed by atoms with Crippen LogP contribution in [0.4, 0.5) is 5.82 Å². The number of rotatable bonds is 8. The van der Waals surface area contributed by atoms with E-state index in [1.165, 1.54) is 5.56 Å². The number of carbonyl (C=O) groups excluding carboxylic acids is 1. The molecule has 0 radical (unpaired) electrons. The topological polar surface area (TPSA) is 54.5 Å². The lowest BCUT2D eigenvalue weighted by atomic mass is 10.1. The Bertz CT molecular complexity index is 635. The maximum atomic E-state index is 12.2. The number of anilines is 1. The molecule has 0 aliphatic carbocycles. The van der Waals surface area contributed by atoms with Gasteiger partial charge in [-0.15, -0.1) is 0 Å². The summed E-state index contributed by atoms with van der Waals surface area (Å²) in [6, 6.07) is 11.7. The summed E-state index contributed by atoms with van der Waals surface area (Å²) < 4.78 is 5.15. The molecule has 1 heterocycles. The van der Waals surface area contributed by atoms with Crippen molar-refractivity contribution in [2.24, 2.45) is 0 Å². The van der Waals surface area contributed by atoms with E-state index in [1.54, 1.807) is 18.2 Å². The average molecular weight is 327 g/mol. The molecular formula is C19H25N3O2. The Labute approximate surface area is 143 Å². The van der Waals surface area contributed by atoms with Crippen LogP contribution < -0.4 is 10.1 Å². The molecular weight excluding hydrogens is 302 g/mol. The van der Waals surface area contributed by atoms with Crippen molar-refractivity contribution in [1.29, 1.82) is 0 Å². The summed E-state index contributed by atoms with van der Waals surface area (Å²) in [5.74, 6) is 1.67. The summed E-state index contributed by atoms with van der Waals surface area (Å²) >= 11 is 0. The van der Waals surface area contributed by atoms with Crippen molar-refractivity contribution in [2.45, 2.75) is 20.3 Å². The Balaban J connectivity index is 1.86. The molecule has 5 heteroatoms. The van der Waals surface area contributed by atoms with E-state index < -0.39 is 0 Å². The summed E-state index contributed by atoms with van der Waals surface area (Å²) in [5.41, 5.74) is 1.86. The van der Waals surface area contributed by atoms with E-state index in [-0.39, 0.29) is 5.91 Å². The Morgan fingerprint density at radius 3 is 2.38 bits per heavy atom. The predicted octanol–water partition coefficient (Wildman–Crippen LogP) is 3.23. The number of amides is 1. The molecule has 5 nitrogen and oxygen atoms in total. The molecule has 1 aromatic carbocycles. The number of carbonyl (C=O) groups is 1. The van der Waals surface area contributed by atoms with Crippen molar-refractivity contribution in [2.75, 3.05) is 32.1 Å². The molecule has 0 saturated carbocycles. The average Bonchev–Trinajstić information content (AvgIpc) is 2.64. The maximum absolute atomic E-state index is 12.2. The maximum Gasteiger partial charge on any atom is 0.255 e. The second-order valence-corrected chi connectivity index (χ2v) is 5.43. The molecule has 0 spiro atoms. The van der Waals surface area contributed by atoms with Crippen LogP contribution >= 0.6 is 0 Å². The number of hydrogen-bond donors (Lipinski definition) is 1. The van der Waals surface area contributed by atoms with Crippen molar-refractivity contribution in [3.63, 3.8) is 0 Å². The van der Waals surface area contributed by atoms with Crippen molar-refractivity contribution >= 4 is 11.7 Å². The zero-order valence-electron chi connectivity index (χ0n) is 14.6. The van der Waals surface area contributed by atoms with Gasteiger partial charge in [0.15, 0.2) is 0 Å². The number of pyridine rings is 1. The van der Waals surface area contributed by atoms with Gasteiger partial charge in [-0.05, 0) is 50.1 Å². The van der Waals surface area contributed by atoms with E-state index >= 15 is 0 Å². The van der Waals surface area contributed by atoms with Crippen LogP contribution in [0, 0.1) is 0 Å². The Morgan fingerprint density at radius 2 is 1.83 bits per heavy atom. The van der Waals surface area contributed by atoms with Crippen molar-refractivity contribution in [1.82, 2.24) is 9.88 Å². The third kappa shape index (κ3) is 4.72. The minimum absolute atomic E-state index is 0.0253. The second kappa shape index (κ2) is 8.91. The first-order chi connectivity index (χ1) is 11.7. The number of nitrogens with zero attached hydrogens (tertiary/aromatic N) is 2. The Kier molecular flexibility index (Phi) is 6.61. The van der Waals surface area contributed by atoms with E-state index in [0.29, 0.717) is 18.7 Å². The summed E-state index contributed by atoms with van der Waals surface area (Å²) in [5, 5.41) is 3.28. The van der Waals surface area contributed by atoms with E-state index in [4.69, 9.17) is 4.74 Å². The Hall–Kier alpha value is -2.56. The van der Waals surface area contributed by atoms with Gasteiger partial charge in [-0.1, -0.05) is 12.1 Å². The van der Waals surface area contributed by atoms with Gasteiger partial charge in [0.05, 0.1) is 12.7 Å². The molecule has 0 aliphatic heterocycles. The van der Waals surface area contributed by atoms with Crippen LogP contribution in [0.25, 0.3) is 0 Å². The minimum atomic E-state index is 0.0253. The highest BCUT2D eigenvalue weighted by molar-refractivity contribution is 5.94. The molecule has 1 amide bonds. The van der Waals surface area contributed by atoms with Gasteiger partial charge in [0.25, 0.3) is 5.91 Å². The van der Waals surface area contributed by atoms with Gasteiger partial charge in [-0.2, -0.15) is 0 Å². The molecule has 2 aromatic rings. The molecule has 0 aliphatic rings.